The van der Waals surface area contributed by atoms with Crippen molar-refractivity contribution in [1.82, 2.24) is 10.2 Å². The van der Waals surface area contributed by atoms with Gasteiger partial charge in [-0.1, -0.05) is 24.3 Å². The molecule has 1 aromatic rings. The summed E-state index contributed by atoms with van der Waals surface area (Å²) in [4.78, 5) is 2.59. The van der Waals surface area contributed by atoms with Gasteiger partial charge in [0.1, 0.15) is 0 Å². The summed E-state index contributed by atoms with van der Waals surface area (Å²) in [5.41, 5.74) is 2.68. The number of benzene rings is 1. The molecule has 2 heterocycles. The standard InChI is InChI=1S/C17H26N2O/c1-19-16-7-8-17(19)10-15(9-16)18-11-13-5-3-4-6-14(13)12-20-2/h3-6,15-18H,7-12H2,1-2H3. The van der Waals surface area contributed by atoms with Gasteiger partial charge in [0.2, 0.25) is 0 Å². The normalized spacial score (nSPS) is 29.8. The number of rotatable bonds is 5. The van der Waals surface area contributed by atoms with Gasteiger partial charge in [-0.15, -0.1) is 0 Å². The third kappa shape index (κ3) is 2.90. The lowest BCUT2D eigenvalue weighted by molar-refractivity contribution is 0.148. The average Bonchev–Trinajstić information content (AvgIpc) is 2.69. The van der Waals surface area contributed by atoms with Gasteiger partial charge < -0.3 is 15.0 Å². The van der Waals surface area contributed by atoms with E-state index < -0.39 is 0 Å². The predicted molar refractivity (Wildman–Crippen MR) is 81.6 cm³/mol. The molecule has 1 aromatic carbocycles. The lowest BCUT2D eigenvalue weighted by atomic mass is 9.97. The highest BCUT2D eigenvalue weighted by Crippen LogP contribution is 2.34. The maximum absolute atomic E-state index is 5.28. The number of methoxy groups -OCH3 is 1. The Balaban J connectivity index is 1.58. The molecule has 0 amide bonds. The minimum absolute atomic E-state index is 0.680. The molecule has 3 rings (SSSR count). The smallest absolute Gasteiger partial charge is 0.0716 e. The first-order chi connectivity index (χ1) is 9.78. The summed E-state index contributed by atoms with van der Waals surface area (Å²) in [5.74, 6) is 0. The van der Waals surface area contributed by atoms with Gasteiger partial charge in [-0.25, -0.2) is 0 Å². The van der Waals surface area contributed by atoms with Crippen LogP contribution in [0.15, 0.2) is 24.3 Å². The number of hydrogen-bond donors (Lipinski definition) is 1. The zero-order chi connectivity index (χ0) is 13.9. The van der Waals surface area contributed by atoms with Crippen LogP contribution < -0.4 is 5.32 Å². The average molecular weight is 274 g/mol. The predicted octanol–water partition coefficient (Wildman–Crippen LogP) is 2.55. The Morgan fingerprint density at radius 1 is 1.15 bits per heavy atom. The quantitative estimate of drug-likeness (QED) is 0.893. The van der Waals surface area contributed by atoms with Crippen molar-refractivity contribution in [2.45, 2.75) is 57.0 Å². The van der Waals surface area contributed by atoms with Crippen molar-refractivity contribution in [2.24, 2.45) is 0 Å². The molecule has 110 valence electrons. The number of hydrogen-bond acceptors (Lipinski definition) is 3. The molecule has 0 saturated carbocycles. The van der Waals surface area contributed by atoms with E-state index in [1.165, 1.54) is 36.8 Å². The monoisotopic (exact) mass is 274 g/mol. The van der Waals surface area contributed by atoms with Gasteiger partial charge in [-0.3, -0.25) is 0 Å². The van der Waals surface area contributed by atoms with Crippen LogP contribution in [-0.4, -0.2) is 37.2 Å². The minimum Gasteiger partial charge on any atom is -0.380 e. The molecule has 0 radical (unpaired) electrons. The Labute approximate surface area is 122 Å². The number of nitrogens with zero attached hydrogens (tertiary/aromatic N) is 1. The maximum Gasteiger partial charge on any atom is 0.0716 e. The molecule has 2 fully saturated rings. The third-order valence-electron chi connectivity index (χ3n) is 5.10. The van der Waals surface area contributed by atoms with Crippen LogP contribution in [0.3, 0.4) is 0 Å². The second kappa shape index (κ2) is 6.25. The van der Waals surface area contributed by atoms with Crippen molar-refractivity contribution >= 4 is 0 Å². The maximum atomic E-state index is 5.28. The van der Waals surface area contributed by atoms with Crippen LogP contribution in [0.1, 0.15) is 36.8 Å². The van der Waals surface area contributed by atoms with Gasteiger partial charge in [0.05, 0.1) is 6.61 Å². The van der Waals surface area contributed by atoms with Crippen molar-refractivity contribution in [3.8, 4) is 0 Å². The molecule has 3 heteroatoms. The molecule has 0 spiro atoms. The molecule has 3 nitrogen and oxygen atoms in total. The first-order valence-corrected chi connectivity index (χ1v) is 7.79. The zero-order valence-electron chi connectivity index (χ0n) is 12.6. The third-order valence-corrected chi connectivity index (χ3v) is 5.10. The van der Waals surface area contributed by atoms with E-state index in [4.69, 9.17) is 4.74 Å². The lowest BCUT2D eigenvalue weighted by Gasteiger charge is -2.36. The van der Waals surface area contributed by atoms with Crippen LogP contribution in [0.25, 0.3) is 0 Å². The Morgan fingerprint density at radius 3 is 2.45 bits per heavy atom. The van der Waals surface area contributed by atoms with Crippen LogP contribution in [-0.2, 0) is 17.9 Å². The Kier molecular flexibility index (Phi) is 4.39. The van der Waals surface area contributed by atoms with E-state index >= 15 is 0 Å². The van der Waals surface area contributed by atoms with Gasteiger partial charge in [-0.05, 0) is 43.9 Å². The van der Waals surface area contributed by atoms with Crippen molar-refractivity contribution in [3.05, 3.63) is 35.4 Å². The SMILES string of the molecule is COCc1ccccc1CNC1CC2CCC(C1)N2C. The molecule has 1 N–H and O–H groups in total. The van der Waals surface area contributed by atoms with Gasteiger partial charge in [-0.2, -0.15) is 0 Å². The van der Waals surface area contributed by atoms with Crippen molar-refractivity contribution in [2.75, 3.05) is 14.2 Å². The highest BCUT2D eigenvalue weighted by Gasteiger charge is 2.37. The first-order valence-electron chi connectivity index (χ1n) is 7.79. The molecule has 2 bridgehead atoms. The second-order valence-corrected chi connectivity index (χ2v) is 6.30. The van der Waals surface area contributed by atoms with E-state index in [0.717, 1.165) is 18.6 Å². The summed E-state index contributed by atoms with van der Waals surface area (Å²) in [7, 11) is 4.06. The fourth-order valence-electron chi connectivity index (χ4n) is 3.86. The Bertz CT molecular complexity index is 434. The summed E-state index contributed by atoms with van der Waals surface area (Å²) in [6.45, 7) is 1.67. The molecule has 20 heavy (non-hydrogen) atoms. The van der Waals surface area contributed by atoms with Gasteiger partial charge >= 0.3 is 0 Å². The van der Waals surface area contributed by atoms with E-state index in [9.17, 15) is 0 Å². The molecule has 2 unspecified atom stereocenters. The molecule has 2 aliphatic rings. The minimum atomic E-state index is 0.680. The molecular formula is C17H26N2O. The van der Waals surface area contributed by atoms with Gasteiger partial charge in [0, 0.05) is 31.8 Å². The summed E-state index contributed by atoms with van der Waals surface area (Å²) >= 11 is 0. The fourth-order valence-corrected chi connectivity index (χ4v) is 3.86. The van der Waals surface area contributed by atoms with Crippen LogP contribution in [0, 0.1) is 0 Å². The number of piperidine rings is 1. The fraction of sp³-hybridized carbons (Fsp3) is 0.647. The summed E-state index contributed by atoms with van der Waals surface area (Å²) < 4.78 is 5.28. The molecule has 2 aliphatic heterocycles. The van der Waals surface area contributed by atoms with Crippen molar-refractivity contribution in [1.29, 1.82) is 0 Å². The first kappa shape index (κ1) is 14.1. The molecule has 0 aromatic heterocycles. The highest BCUT2D eigenvalue weighted by molar-refractivity contribution is 5.26. The molecule has 2 saturated heterocycles. The van der Waals surface area contributed by atoms with E-state index in [1.807, 2.05) is 0 Å². The Morgan fingerprint density at radius 2 is 1.80 bits per heavy atom. The van der Waals surface area contributed by atoms with E-state index in [-0.39, 0.29) is 0 Å². The van der Waals surface area contributed by atoms with E-state index in [1.54, 1.807) is 7.11 Å². The largest absolute Gasteiger partial charge is 0.380 e. The van der Waals surface area contributed by atoms with Gasteiger partial charge in [0.15, 0.2) is 0 Å². The Hall–Kier alpha value is -0.900. The second-order valence-electron chi connectivity index (χ2n) is 6.30. The lowest BCUT2D eigenvalue weighted by Crippen LogP contribution is -2.47. The summed E-state index contributed by atoms with van der Waals surface area (Å²) in [6.07, 6.45) is 5.39. The highest BCUT2D eigenvalue weighted by atomic mass is 16.5. The van der Waals surface area contributed by atoms with Crippen molar-refractivity contribution < 1.29 is 4.74 Å². The molecular weight excluding hydrogens is 248 g/mol. The molecule has 0 aliphatic carbocycles. The van der Waals surface area contributed by atoms with Crippen molar-refractivity contribution in [3.63, 3.8) is 0 Å². The van der Waals surface area contributed by atoms with Crippen LogP contribution in [0.4, 0.5) is 0 Å². The number of nitrogens with one attached hydrogen (secondary N) is 1. The van der Waals surface area contributed by atoms with Crippen LogP contribution >= 0.6 is 0 Å². The van der Waals surface area contributed by atoms with Gasteiger partial charge in [0.25, 0.3) is 0 Å². The van der Waals surface area contributed by atoms with E-state index in [2.05, 4.69) is 41.5 Å². The number of fused-ring (bicyclic) bond motifs is 2. The zero-order valence-corrected chi connectivity index (χ0v) is 12.6. The van der Waals surface area contributed by atoms with Crippen LogP contribution in [0.5, 0.6) is 0 Å². The summed E-state index contributed by atoms with van der Waals surface area (Å²) in [6, 6.07) is 10.9. The van der Waals surface area contributed by atoms with E-state index in [0.29, 0.717) is 12.6 Å². The van der Waals surface area contributed by atoms with Crippen LogP contribution in [0.2, 0.25) is 0 Å². The number of ether oxygens (including phenoxy) is 1. The topological polar surface area (TPSA) is 24.5 Å². The summed E-state index contributed by atoms with van der Waals surface area (Å²) in [5, 5.41) is 3.78. The molecule has 2 atom stereocenters.